The Labute approximate surface area is 168 Å². The van der Waals surface area contributed by atoms with Gasteiger partial charge in [-0.05, 0) is 42.7 Å². The number of hydrogen-bond donors (Lipinski definition) is 1. The highest BCUT2D eigenvalue weighted by Gasteiger charge is 2.11. The van der Waals surface area contributed by atoms with Gasteiger partial charge in [0.2, 0.25) is 10.0 Å². The fourth-order valence-electron chi connectivity index (χ4n) is 2.87. The molecule has 3 rings (SSSR count). The van der Waals surface area contributed by atoms with Crippen LogP contribution in [0.1, 0.15) is 27.0 Å². The van der Waals surface area contributed by atoms with E-state index in [-0.39, 0.29) is 13.2 Å². The number of esters is 1. The van der Waals surface area contributed by atoms with Crippen LogP contribution in [0.4, 0.5) is 0 Å². The molecule has 0 saturated carbocycles. The maximum atomic E-state index is 12.3. The fraction of sp³-hybridized carbons (Fsp3) is 0.238. The maximum Gasteiger partial charge on any atom is 0.338 e. The number of benzene rings is 2. The zero-order valence-corrected chi connectivity index (χ0v) is 16.9. The molecule has 1 aromatic heterocycles. The van der Waals surface area contributed by atoms with Gasteiger partial charge in [-0.25, -0.2) is 22.7 Å². The van der Waals surface area contributed by atoms with E-state index >= 15 is 0 Å². The number of nitrogens with one attached hydrogen (secondary N) is 1. The van der Waals surface area contributed by atoms with Gasteiger partial charge in [0.05, 0.1) is 11.8 Å². The van der Waals surface area contributed by atoms with E-state index in [9.17, 15) is 18.0 Å². The minimum absolute atomic E-state index is 0.0516. The van der Waals surface area contributed by atoms with Crippen LogP contribution in [0.15, 0.2) is 57.7 Å². The third-order valence-corrected chi connectivity index (χ3v) is 5.04. The molecule has 1 heterocycles. The summed E-state index contributed by atoms with van der Waals surface area (Å²) in [6.45, 7) is 2.13. The van der Waals surface area contributed by atoms with Crippen molar-refractivity contribution in [3.05, 3.63) is 81.2 Å². The Morgan fingerprint density at radius 2 is 1.83 bits per heavy atom. The summed E-state index contributed by atoms with van der Waals surface area (Å²) < 4.78 is 35.1. The molecule has 0 amide bonds. The first-order valence-corrected chi connectivity index (χ1v) is 10.8. The predicted octanol–water partition coefficient (Wildman–Crippen LogP) is 2.55. The summed E-state index contributed by atoms with van der Waals surface area (Å²) in [5.41, 5.74) is 2.75. The van der Waals surface area contributed by atoms with Gasteiger partial charge in [-0.15, -0.1) is 0 Å². The average molecular weight is 415 g/mol. The first-order chi connectivity index (χ1) is 13.7. The van der Waals surface area contributed by atoms with E-state index in [0.717, 1.165) is 22.8 Å². The monoisotopic (exact) mass is 415 g/mol. The molecule has 0 radical (unpaired) electrons. The molecule has 152 valence electrons. The summed E-state index contributed by atoms with van der Waals surface area (Å²) >= 11 is 0. The molecule has 2 aromatic carbocycles. The van der Waals surface area contributed by atoms with Crippen molar-refractivity contribution in [2.24, 2.45) is 0 Å². The fourth-order valence-corrected chi connectivity index (χ4v) is 3.34. The van der Waals surface area contributed by atoms with Crippen LogP contribution in [0, 0.1) is 6.92 Å². The van der Waals surface area contributed by atoms with Gasteiger partial charge < -0.3 is 9.15 Å². The number of carbonyl (C=O) groups is 1. The summed E-state index contributed by atoms with van der Waals surface area (Å²) in [6, 6.07) is 13.5. The van der Waals surface area contributed by atoms with Crippen LogP contribution >= 0.6 is 0 Å². The molecule has 7 nitrogen and oxygen atoms in total. The van der Waals surface area contributed by atoms with E-state index in [1.54, 1.807) is 30.3 Å². The van der Waals surface area contributed by atoms with E-state index in [0.29, 0.717) is 23.1 Å². The molecule has 0 spiro atoms. The third kappa shape index (κ3) is 5.75. The molecule has 3 aromatic rings. The number of carbonyl (C=O) groups excluding carboxylic acids is 1. The van der Waals surface area contributed by atoms with Crippen LogP contribution in [0.25, 0.3) is 11.0 Å². The van der Waals surface area contributed by atoms with Crippen molar-refractivity contribution in [1.29, 1.82) is 0 Å². The second-order valence-electron chi connectivity index (χ2n) is 6.78. The van der Waals surface area contributed by atoms with Crippen LogP contribution in [0.3, 0.4) is 0 Å². The highest BCUT2D eigenvalue weighted by Crippen LogP contribution is 2.19. The normalized spacial score (nSPS) is 11.5. The lowest BCUT2D eigenvalue weighted by molar-refractivity contribution is 0.0474. The van der Waals surface area contributed by atoms with Crippen molar-refractivity contribution in [3.8, 4) is 0 Å². The molecule has 0 atom stereocenters. The Kier molecular flexibility index (Phi) is 6.14. The van der Waals surface area contributed by atoms with Gasteiger partial charge in [-0.3, -0.25) is 0 Å². The second kappa shape index (κ2) is 8.59. The van der Waals surface area contributed by atoms with E-state index in [2.05, 4.69) is 4.72 Å². The smallest absolute Gasteiger partial charge is 0.338 e. The van der Waals surface area contributed by atoms with Crippen molar-refractivity contribution in [3.63, 3.8) is 0 Å². The Morgan fingerprint density at radius 3 is 2.52 bits per heavy atom. The average Bonchev–Trinajstić information content (AvgIpc) is 2.65. The number of hydrogen-bond acceptors (Lipinski definition) is 6. The number of aryl methyl sites for hydroxylation is 1. The Bertz CT molecular complexity index is 1200. The summed E-state index contributed by atoms with van der Waals surface area (Å²) in [4.78, 5) is 24.1. The number of rotatable bonds is 7. The lowest BCUT2D eigenvalue weighted by Gasteiger charge is -2.08. The molecule has 0 unspecified atom stereocenters. The van der Waals surface area contributed by atoms with Crippen molar-refractivity contribution in [2.45, 2.75) is 20.0 Å². The van der Waals surface area contributed by atoms with E-state index in [1.165, 1.54) is 6.07 Å². The second-order valence-corrected chi connectivity index (χ2v) is 8.61. The number of ether oxygens (including phenoxy) is 1. The molecule has 0 fully saturated rings. The molecule has 1 N–H and O–H groups in total. The Morgan fingerprint density at radius 1 is 1.10 bits per heavy atom. The minimum atomic E-state index is -3.22. The van der Waals surface area contributed by atoms with E-state index in [1.807, 2.05) is 19.1 Å². The van der Waals surface area contributed by atoms with E-state index in [4.69, 9.17) is 9.15 Å². The number of sulfonamides is 1. The van der Waals surface area contributed by atoms with Gasteiger partial charge in [0.1, 0.15) is 12.2 Å². The SMILES string of the molecule is Cc1ccc2c(COC(=O)c3ccc(CCNS(C)(=O)=O)cc3)cc(=O)oc2c1. The molecular weight excluding hydrogens is 394 g/mol. The van der Waals surface area contributed by atoms with Crippen LogP contribution < -0.4 is 10.3 Å². The first kappa shape index (κ1) is 20.8. The van der Waals surface area contributed by atoms with Gasteiger partial charge >= 0.3 is 11.6 Å². The van der Waals surface area contributed by atoms with Crippen molar-refractivity contribution in [2.75, 3.05) is 12.8 Å². The van der Waals surface area contributed by atoms with Gasteiger partial charge in [-0.1, -0.05) is 24.3 Å². The van der Waals surface area contributed by atoms with Crippen LogP contribution in [0.2, 0.25) is 0 Å². The standard InChI is InChI=1S/C21H21NO6S/c1-14-3-8-18-17(12-20(23)28-19(18)11-14)13-27-21(24)16-6-4-15(5-7-16)9-10-22-29(2,25)26/h3-8,11-12,22H,9-10,13H2,1-2H3. The van der Waals surface area contributed by atoms with Crippen LogP contribution in [-0.4, -0.2) is 27.2 Å². The summed E-state index contributed by atoms with van der Waals surface area (Å²) in [6.07, 6.45) is 1.61. The molecule has 0 aliphatic heterocycles. The predicted molar refractivity (Wildman–Crippen MR) is 109 cm³/mol. The van der Waals surface area contributed by atoms with Gasteiger partial charge in [0.25, 0.3) is 0 Å². The largest absolute Gasteiger partial charge is 0.457 e. The van der Waals surface area contributed by atoms with Gasteiger partial charge in [-0.2, -0.15) is 0 Å². The van der Waals surface area contributed by atoms with Crippen molar-refractivity contribution in [1.82, 2.24) is 4.72 Å². The molecule has 0 saturated heterocycles. The zero-order valence-electron chi connectivity index (χ0n) is 16.1. The molecule has 0 aliphatic carbocycles. The third-order valence-electron chi connectivity index (χ3n) is 4.31. The van der Waals surface area contributed by atoms with Crippen LogP contribution in [-0.2, 0) is 27.8 Å². The lowest BCUT2D eigenvalue weighted by atomic mass is 10.1. The maximum absolute atomic E-state index is 12.3. The van der Waals surface area contributed by atoms with Gasteiger partial charge in [0, 0.05) is 23.6 Å². The first-order valence-electron chi connectivity index (χ1n) is 8.95. The lowest BCUT2D eigenvalue weighted by Crippen LogP contribution is -2.24. The number of fused-ring (bicyclic) bond motifs is 1. The minimum Gasteiger partial charge on any atom is -0.457 e. The molecular formula is C21H21NO6S. The molecule has 8 heteroatoms. The summed E-state index contributed by atoms with van der Waals surface area (Å²) in [7, 11) is -3.22. The Hall–Kier alpha value is -2.97. The van der Waals surface area contributed by atoms with Crippen LogP contribution in [0.5, 0.6) is 0 Å². The quantitative estimate of drug-likeness (QED) is 0.470. The van der Waals surface area contributed by atoms with Crippen molar-refractivity contribution < 1.29 is 22.4 Å². The van der Waals surface area contributed by atoms with Gasteiger partial charge in [0.15, 0.2) is 0 Å². The summed E-state index contributed by atoms with van der Waals surface area (Å²) in [5.74, 6) is -0.515. The topological polar surface area (TPSA) is 103 Å². The molecule has 0 bridgehead atoms. The summed E-state index contributed by atoms with van der Waals surface area (Å²) in [5, 5.41) is 0.719. The molecule has 29 heavy (non-hydrogen) atoms. The zero-order chi connectivity index (χ0) is 21.0. The van der Waals surface area contributed by atoms with E-state index < -0.39 is 21.6 Å². The highest BCUT2D eigenvalue weighted by atomic mass is 32.2. The Balaban J connectivity index is 1.65. The molecule has 0 aliphatic rings. The van der Waals surface area contributed by atoms with Crippen molar-refractivity contribution >= 4 is 27.0 Å². The highest BCUT2D eigenvalue weighted by molar-refractivity contribution is 7.88.